The molecule has 4 rings (SSSR count). The number of carbonyl (C=O) groups is 1. The first kappa shape index (κ1) is 19.7. The van der Waals surface area contributed by atoms with Gasteiger partial charge in [-0.1, -0.05) is 23.7 Å². The van der Waals surface area contributed by atoms with Gasteiger partial charge in [0.15, 0.2) is 0 Å². The summed E-state index contributed by atoms with van der Waals surface area (Å²) in [5.41, 5.74) is 10.6. The summed E-state index contributed by atoms with van der Waals surface area (Å²) < 4.78 is 7.02. The van der Waals surface area contributed by atoms with Crippen molar-refractivity contribution >= 4 is 28.8 Å². The van der Waals surface area contributed by atoms with E-state index < -0.39 is 0 Å². The third kappa shape index (κ3) is 4.22. The van der Waals surface area contributed by atoms with Crippen molar-refractivity contribution < 1.29 is 9.53 Å². The lowest BCUT2D eigenvalue weighted by atomic mass is 10.1. The Morgan fingerprint density at radius 3 is 2.55 bits per heavy atom. The molecule has 0 saturated carbocycles. The monoisotopic (exact) mass is 413 g/mol. The van der Waals surface area contributed by atoms with Gasteiger partial charge in [-0.05, 0) is 24.3 Å². The Balaban J connectivity index is 1.61. The highest BCUT2D eigenvalue weighted by Crippen LogP contribution is 2.28. The van der Waals surface area contributed by atoms with E-state index in [-0.39, 0.29) is 12.5 Å². The highest BCUT2D eigenvalue weighted by Gasteiger charge is 2.23. The van der Waals surface area contributed by atoms with Gasteiger partial charge in [-0.15, -0.1) is 0 Å². The Bertz CT molecular complexity index is 1010. The predicted octanol–water partition coefficient (Wildman–Crippen LogP) is 2.53. The second kappa shape index (κ2) is 8.41. The van der Waals surface area contributed by atoms with Crippen molar-refractivity contribution in [3.8, 4) is 11.3 Å². The fourth-order valence-electron chi connectivity index (χ4n) is 3.68. The number of anilines is 1. The van der Waals surface area contributed by atoms with Crippen LogP contribution >= 0.6 is 11.6 Å². The van der Waals surface area contributed by atoms with Gasteiger partial charge < -0.3 is 19.8 Å². The third-order valence-electron chi connectivity index (χ3n) is 5.22. The number of imidazole rings is 1. The summed E-state index contributed by atoms with van der Waals surface area (Å²) in [5.74, 6) is 0.0385. The van der Waals surface area contributed by atoms with Gasteiger partial charge in [-0.3, -0.25) is 9.69 Å². The Morgan fingerprint density at radius 2 is 1.86 bits per heavy atom. The summed E-state index contributed by atoms with van der Waals surface area (Å²) in [6.07, 6.45) is 1.91. The fourth-order valence-corrected chi connectivity index (χ4v) is 3.81. The zero-order valence-corrected chi connectivity index (χ0v) is 17.1. The number of hydrogen-bond acceptors (Lipinski definition) is 5. The van der Waals surface area contributed by atoms with Gasteiger partial charge in [-0.2, -0.15) is 0 Å². The first-order chi connectivity index (χ1) is 14.0. The van der Waals surface area contributed by atoms with Crippen LogP contribution in [0.4, 0.5) is 5.69 Å². The normalized spacial score (nSPS) is 15.2. The molecule has 1 aliphatic rings. The van der Waals surface area contributed by atoms with Gasteiger partial charge in [0.1, 0.15) is 12.3 Å². The van der Waals surface area contributed by atoms with E-state index in [4.69, 9.17) is 27.1 Å². The van der Waals surface area contributed by atoms with Gasteiger partial charge in [0, 0.05) is 62.3 Å². The molecule has 1 fully saturated rings. The van der Waals surface area contributed by atoms with E-state index >= 15 is 0 Å². The zero-order valence-electron chi connectivity index (χ0n) is 16.3. The van der Waals surface area contributed by atoms with Crippen molar-refractivity contribution in [1.29, 1.82) is 0 Å². The van der Waals surface area contributed by atoms with Gasteiger partial charge in [-0.25, -0.2) is 4.98 Å². The zero-order chi connectivity index (χ0) is 20.4. The molecule has 3 heterocycles. The number of hydrogen-bond donors (Lipinski definition) is 1. The number of fused-ring (bicyclic) bond motifs is 1. The van der Waals surface area contributed by atoms with E-state index in [0.29, 0.717) is 23.8 Å². The Morgan fingerprint density at radius 1 is 1.14 bits per heavy atom. The number of pyridine rings is 1. The van der Waals surface area contributed by atoms with Crippen LogP contribution in [-0.2, 0) is 16.1 Å². The number of amides is 1. The SMILES string of the molecule is COCC(=O)N1CCN(Cc2c(-c3ccc(Cl)cc3)nc3ccc(N)cn23)CC1. The summed E-state index contributed by atoms with van der Waals surface area (Å²) >= 11 is 6.06. The highest BCUT2D eigenvalue weighted by atomic mass is 35.5. The number of rotatable bonds is 5. The number of halogens is 1. The minimum Gasteiger partial charge on any atom is -0.398 e. The maximum absolute atomic E-state index is 12.0. The molecule has 1 saturated heterocycles. The van der Waals surface area contributed by atoms with Crippen molar-refractivity contribution in [2.24, 2.45) is 0 Å². The molecule has 0 atom stereocenters. The molecule has 152 valence electrons. The van der Waals surface area contributed by atoms with E-state index in [0.717, 1.165) is 42.2 Å². The molecule has 0 radical (unpaired) electrons. The van der Waals surface area contributed by atoms with Crippen LogP contribution in [0.25, 0.3) is 16.9 Å². The number of nitrogen functional groups attached to an aromatic ring is 1. The molecule has 3 aromatic rings. The van der Waals surface area contributed by atoms with E-state index in [1.165, 1.54) is 0 Å². The third-order valence-corrected chi connectivity index (χ3v) is 5.48. The van der Waals surface area contributed by atoms with Crippen LogP contribution < -0.4 is 5.73 Å². The summed E-state index contributed by atoms with van der Waals surface area (Å²) in [6.45, 7) is 3.83. The number of carbonyl (C=O) groups excluding carboxylic acids is 1. The van der Waals surface area contributed by atoms with Crippen molar-refractivity contribution in [1.82, 2.24) is 19.2 Å². The topological polar surface area (TPSA) is 76.1 Å². The Kier molecular flexibility index (Phi) is 5.71. The fraction of sp³-hybridized carbons (Fsp3) is 0.333. The van der Waals surface area contributed by atoms with Crippen LogP contribution in [-0.4, -0.2) is 65.0 Å². The standard InChI is InChI=1S/C21H24ClN5O2/c1-29-14-20(28)26-10-8-25(9-11-26)13-18-21(15-2-4-16(22)5-3-15)24-19-7-6-17(23)12-27(18)19/h2-7,12H,8-11,13-14,23H2,1H3. The van der Waals surface area contributed by atoms with Crippen molar-refractivity contribution in [2.45, 2.75) is 6.54 Å². The minimum absolute atomic E-state index is 0.0385. The summed E-state index contributed by atoms with van der Waals surface area (Å²) in [7, 11) is 1.54. The lowest BCUT2D eigenvalue weighted by molar-refractivity contribution is -0.136. The average Bonchev–Trinajstić information content (AvgIpc) is 3.07. The van der Waals surface area contributed by atoms with E-state index in [2.05, 4.69) is 9.30 Å². The number of benzene rings is 1. The second-order valence-corrected chi connectivity index (χ2v) is 7.63. The molecule has 0 spiro atoms. The Hall–Kier alpha value is -2.61. The van der Waals surface area contributed by atoms with Crippen molar-refractivity contribution in [3.63, 3.8) is 0 Å². The molecule has 2 N–H and O–H groups in total. The van der Waals surface area contributed by atoms with Crippen molar-refractivity contribution in [3.05, 3.63) is 53.3 Å². The average molecular weight is 414 g/mol. The van der Waals surface area contributed by atoms with Gasteiger partial charge in [0.2, 0.25) is 5.91 Å². The molecule has 8 heteroatoms. The molecule has 0 unspecified atom stereocenters. The molecule has 29 heavy (non-hydrogen) atoms. The molecular formula is C21H24ClN5O2. The lowest BCUT2D eigenvalue weighted by Crippen LogP contribution is -2.49. The van der Waals surface area contributed by atoms with Crippen LogP contribution in [0.15, 0.2) is 42.6 Å². The number of nitrogens with zero attached hydrogens (tertiary/aromatic N) is 4. The number of methoxy groups -OCH3 is 1. The highest BCUT2D eigenvalue weighted by molar-refractivity contribution is 6.30. The Labute approximate surface area is 174 Å². The van der Waals surface area contributed by atoms with Crippen LogP contribution in [0.3, 0.4) is 0 Å². The quantitative estimate of drug-likeness (QED) is 0.695. The number of ether oxygens (including phenoxy) is 1. The van der Waals surface area contributed by atoms with Crippen LogP contribution in [0.5, 0.6) is 0 Å². The summed E-state index contributed by atoms with van der Waals surface area (Å²) in [6, 6.07) is 11.5. The molecule has 2 aromatic heterocycles. The van der Waals surface area contributed by atoms with E-state index in [1.807, 2.05) is 47.5 Å². The van der Waals surface area contributed by atoms with E-state index in [9.17, 15) is 4.79 Å². The van der Waals surface area contributed by atoms with Gasteiger partial charge in [0.25, 0.3) is 0 Å². The molecule has 1 amide bonds. The molecule has 0 aliphatic carbocycles. The smallest absolute Gasteiger partial charge is 0.248 e. The largest absolute Gasteiger partial charge is 0.398 e. The first-order valence-corrected chi connectivity index (χ1v) is 9.94. The number of nitrogens with two attached hydrogens (primary N) is 1. The van der Waals surface area contributed by atoms with Crippen LogP contribution in [0, 0.1) is 0 Å². The van der Waals surface area contributed by atoms with Crippen LogP contribution in [0.2, 0.25) is 5.02 Å². The second-order valence-electron chi connectivity index (χ2n) is 7.19. The minimum atomic E-state index is 0.0385. The van der Waals surface area contributed by atoms with Crippen LogP contribution in [0.1, 0.15) is 5.69 Å². The molecule has 1 aliphatic heterocycles. The first-order valence-electron chi connectivity index (χ1n) is 9.56. The summed E-state index contributed by atoms with van der Waals surface area (Å²) in [4.78, 5) is 21.1. The molecule has 0 bridgehead atoms. The van der Waals surface area contributed by atoms with Crippen molar-refractivity contribution in [2.75, 3.05) is 45.6 Å². The van der Waals surface area contributed by atoms with Gasteiger partial charge in [0.05, 0.1) is 11.4 Å². The number of aromatic nitrogens is 2. The van der Waals surface area contributed by atoms with Gasteiger partial charge >= 0.3 is 0 Å². The van der Waals surface area contributed by atoms with E-state index in [1.54, 1.807) is 7.11 Å². The maximum Gasteiger partial charge on any atom is 0.248 e. The lowest BCUT2D eigenvalue weighted by Gasteiger charge is -2.34. The number of piperazine rings is 1. The summed E-state index contributed by atoms with van der Waals surface area (Å²) in [5, 5.41) is 0.695. The predicted molar refractivity (Wildman–Crippen MR) is 114 cm³/mol. The molecular weight excluding hydrogens is 390 g/mol. The maximum atomic E-state index is 12.0. The molecule has 1 aromatic carbocycles. The molecule has 7 nitrogen and oxygen atoms in total.